The monoisotopic (exact) mass is 372 g/mol. The first-order valence-corrected chi connectivity index (χ1v) is 9.22. The van der Waals surface area contributed by atoms with Crippen LogP contribution in [0.5, 0.6) is 0 Å². The molecule has 3 aromatic heterocycles. The van der Waals surface area contributed by atoms with E-state index in [-0.39, 0.29) is 11.7 Å². The number of rotatable bonds is 4. The van der Waals surface area contributed by atoms with Crippen LogP contribution >= 0.6 is 22.7 Å². The quantitative estimate of drug-likeness (QED) is 0.591. The van der Waals surface area contributed by atoms with E-state index in [1.165, 1.54) is 34.8 Å². The molecule has 0 aliphatic carbocycles. The number of thiazole rings is 2. The largest absolute Gasteiger partial charge is 0.345 e. The van der Waals surface area contributed by atoms with E-state index in [1.807, 2.05) is 22.9 Å². The van der Waals surface area contributed by atoms with Crippen molar-refractivity contribution in [1.82, 2.24) is 19.7 Å². The number of amides is 1. The Balaban J connectivity index is 1.59. The van der Waals surface area contributed by atoms with Gasteiger partial charge in [-0.05, 0) is 31.2 Å². The zero-order chi connectivity index (χ0) is 17.4. The van der Waals surface area contributed by atoms with Gasteiger partial charge < -0.3 is 5.32 Å². The molecule has 1 aromatic carbocycles. The Kier molecular flexibility index (Phi) is 4.06. The summed E-state index contributed by atoms with van der Waals surface area (Å²) in [5.41, 5.74) is 2.42. The number of imidazole rings is 1. The Hall–Kier alpha value is -2.58. The third-order valence-electron chi connectivity index (χ3n) is 3.79. The lowest BCUT2D eigenvalue weighted by atomic mass is 10.2. The SMILES string of the molecule is Cc1c(C(=O)NCc2nccs2)sc2nc(-c3ccc(F)cc3)cn12. The first-order valence-electron chi connectivity index (χ1n) is 7.53. The zero-order valence-electron chi connectivity index (χ0n) is 13.2. The summed E-state index contributed by atoms with van der Waals surface area (Å²) in [5, 5.41) is 5.63. The predicted octanol–water partition coefficient (Wildman–Crippen LogP) is 3.90. The van der Waals surface area contributed by atoms with Crippen molar-refractivity contribution in [3.63, 3.8) is 0 Å². The van der Waals surface area contributed by atoms with Gasteiger partial charge in [0.1, 0.15) is 15.7 Å². The standard InChI is InChI=1S/C17H13FN4OS2/c1-10-15(16(23)20-8-14-19-6-7-24-14)25-17-21-13(9-22(10)17)11-2-4-12(18)5-3-11/h2-7,9H,8H2,1H3,(H,20,23). The molecular formula is C17H13FN4OS2. The van der Waals surface area contributed by atoms with Crippen molar-refractivity contribution in [3.05, 3.63) is 63.4 Å². The molecule has 0 spiro atoms. The minimum Gasteiger partial charge on any atom is -0.345 e. The van der Waals surface area contributed by atoms with E-state index >= 15 is 0 Å². The highest BCUT2D eigenvalue weighted by Gasteiger charge is 2.18. The molecule has 1 amide bonds. The van der Waals surface area contributed by atoms with Crippen LogP contribution in [-0.4, -0.2) is 20.3 Å². The smallest absolute Gasteiger partial charge is 0.263 e. The molecule has 0 saturated heterocycles. The fraction of sp³-hybridized carbons (Fsp3) is 0.118. The molecule has 5 nitrogen and oxygen atoms in total. The summed E-state index contributed by atoms with van der Waals surface area (Å²) in [6.07, 6.45) is 3.58. The summed E-state index contributed by atoms with van der Waals surface area (Å²) in [4.78, 5) is 22.5. The molecule has 0 unspecified atom stereocenters. The van der Waals surface area contributed by atoms with Crippen LogP contribution in [0.1, 0.15) is 20.4 Å². The van der Waals surface area contributed by atoms with Crippen molar-refractivity contribution in [2.24, 2.45) is 0 Å². The van der Waals surface area contributed by atoms with Crippen molar-refractivity contribution < 1.29 is 9.18 Å². The molecule has 1 N–H and O–H groups in total. The summed E-state index contributed by atoms with van der Waals surface area (Å²) >= 11 is 2.84. The lowest BCUT2D eigenvalue weighted by Crippen LogP contribution is -2.22. The second-order valence-electron chi connectivity index (χ2n) is 5.41. The molecule has 0 radical (unpaired) electrons. The lowest BCUT2D eigenvalue weighted by Gasteiger charge is -2.02. The number of aromatic nitrogens is 3. The van der Waals surface area contributed by atoms with Gasteiger partial charge in [0.15, 0.2) is 4.96 Å². The number of carbonyl (C=O) groups is 1. The Morgan fingerprint density at radius 3 is 2.80 bits per heavy atom. The van der Waals surface area contributed by atoms with Crippen molar-refractivity contribution >= 4 is 33.5 Å². The van der Waals surface area contributed by atoms with Gasteiger partial charge in [-0.25, -0.2) is 14.4 Å². The maximum Gasteiger partial charge on any atom is 0.263 e. The molecule has 8 heteroatoms. The fourth-order valence-corrected chi connectivity index (χ4v) is 4.08. The van der Waals surface area contributed by atoms with Crippen molar-refractivity contribution in [2.75, 3.05) is 0 Å². The molecule has 0 saturated carbocycles. The van der Waals surface area contributed by atoms with Crippen LogP contribution in [-0.2, 0) is 6.54 Å². The van der Waals surface area contributed by atoms with E-state index in [4.69, 9.17) is 0 Å². The summed E-state index contributed by atoms with van der Waals surface area (Å²) in [6, 6.07) is 6.21. The summed E-state index contributed by atoms with van der Waals surface area (Å²) in [5.74, 6) is -0.410. The van der Waals surface area contributed by atoms with Crippen molar-refractivity contribution in [3.8, 4) is 11.3 Å². The highest BCUT2D eigenvalue weighted by molar-refractivity contribution is 7.19. The van der Waals surface area contributed by atoms with Crippen LogP contribution in [0.25, 0.3) is 16.2 Å². The third kappa shape index (κ3) is 3.06. The highest BCUT2D eigenvalue weighted by Crippen LogP contribution is 2.27. The Labute approximate surface area is 150 Å². The van der Waals surface area contributed by atoms with Gasteiger partial charge in [0, 0.05) is 29.0 Å². The molecular weight excluding hydrogens is 359 g/mol. The van der Waals surface area contributed by atoms with Crippen LogP contribution in [0.4, 0.5) is 4.39 Å². The van der Waals surface area contributed by atoms with Gasteiger partial charge in [0.05, 0.1) is 12.2 Å². The summed E-state index contributed by atoms with van der Waals surface area (Å²) in [6.45, 7) is 2.30. The molecule has 126 valence electrons. The number of hydrogen-bond acceptors (Lipinski definition) is 5. The van der Waals surface area contributed by atoms with E-state index < -0.39 is 0 Å². The van der Waals surface area contributed by atoms with E-state index in [1.54, 1.807) is 18.3 Å². The first-order chi connectivity index (χ1) is 12.1. The van der Waals surface area contributed by atoms with Gasteiger partial charge in [0.2, 0.25) is 0 Å². The van der Waals surface area contributed by atoms with Crippen LogP contribution in [0, 0.1) is 12.7 Å². The average Bonchev–Trinajstić information content (AvgIpc) is 3.32. The van der Waals surface area contributed by atoms with Gasteiger partial charge >= 0.3 is 0 Å². The van der Waals surface area contributed by atoms with E-state index in [2.05, 4.69) is 15.3 Å². The molecule has 0 bridgehead atoms. The molecule has 3 heterocycles. The number of nitrogens with one attached hydrogen (secondary N) is 1. The Bertz CT molecular complexity index is 1030. The van der Waals surface area contributed by atoms with E-state index in [0.29, 0.717) is 11.4 Å². The zero-order valence-corrected chi connectivity index (χ0v) is 14.8. The average molecular weight is 372 g/mol. The predicted molar refractivity (Wildman–Crippen MR) is 96.5 cm³/mol. The Morgan fingerprint density at radius 2 is 2.12 bits per heavy atom. The lowest BCUT2D eigenvalue weighted by molar-refractivity contribution is 0.0954. The van der Waals surface area contributed by atoms with Crippen LogP contribution in [0.2, 0.25) is 0 Å². The van der Waals surface area contributed by atoms with Gasteiger partial charge in [-0.15, -0.1) is 11.3 Å². The highest BCUT2D eigenvalue weighted by atomic mass is 32.1. The van der Waals surface area contributed by atoms with Gasteiger partial charge in [-0.1, -0.05) is 11.3 Å². The van der Waals surface area contributed by atoms with Gasteiger partial charge in [-0.3, -0.25) is 9.20 Å². The number of carbonyl (C=O) groups excluding carboxylic acids is 1. The second-order valence-corrected chi connectivity index (χ2v) is 7.37. The van der Waals surface area contributed by atoms with E-state index in [0.717, 1.165) is 26.9 Å². The normalized spacial score (nSPS) is 11.1. The maximum absolute atomic E-state index is 13.1. The molecule has 0 fully saturated rings. The van der Waals surface area contributed by atoms with Crippen molar-refractivity contribution in [1.29, 1.82) is 0 Å². The van der Waals surface area contributed by atoms with Crippen LogP contribution in [0.3, 0.4) is 0 Å². The second kappa shape index (κ2) is 6.38. The molecule has 25 heavy (non-hydrogen) atoms. The third-order valence-corrected chi connectivity index (χ3v) is 5.72. The molecule has 4 aromatic rings. The van der Waals surface area contributed by atoms with Gasteiger partial charge in [-0.2, -0.15) is 0 Å². The van der Waals surface area contributed by atoms with Gasteiger partial charge in [0.25, 0.3) is 5.91 Å². The number of aryl methyl sites for hydroxylation is 1. The van der Waals surface area contributed by atoms with Crippen LogP contribution in [0.15, 0.2) is 42.0 Å². The molecule has 4 rings (SSSR count). The number of halogens is 1. The Morgan fingerprint density at radius 1 is 1.32 bits per heavy atom. The fourth-order valence-electron chi connectivity index (χ4n) is 2.50. The summed E-state index contributed by atoms with van der Waals surface area (Å²) < 4.78 is 14.9. The first kappa shape index (κ1) is 15.9. The van der Waals surface area contributed by atoms with Crippen LogP contribution < -0.4 is 5.32 Å². The topological polar surface area (TPSA) is 59.3 Å². The molecule has 0 aliphatic rings. The number of fused-ring (bicyclic) bond motifs is 1. The minimum atomic E-state index is -0.278. The number of benzene rings is 1. The maximum atomic E-state index is 13.1. The summed E-state index contributed by atoms with van der Waals surface area (Å²) in [7, 11) is 0. The van der Waals surface area contributed by atoms with E-state index in [9.17, 15) is 9.18 Å². The molecule has 0 atom stereocenters. The van der Waals surface area contributed by atoms with Crippen molar-refractivity contribution in [2.45, 2.75) is 13.5 Å². The minimum absolute atomic E-state index is 0.133. The number of hydrogen-bond donors (Lipinski definition) is 1. The number of nitrogens with zero attached hydrogens (tertiary/aromatic N) is 3. The molecule has 0 aliphatic heterocycles.